The molecule has 0 saturated heterocycles. The molecule has 0 saturated carbocycles. The number of nitrogens with zero attached hydrogens (tertiary/aromatic N) is 2. The van der Waals surface area contributed by atoms with Crippen molar-refractivity contribution < 1.29 is 4.79 Å². The molecule has 0 unspecified atom stereocenters. The van der Waals surface area contributed by atoms with Crippen LogP contribution in [0.4, 0.5) is 0 Å². The normalized spacial score (nSPS) is 10.8. The van der Waals surface area contributed by atoms with E-state index in [1.807, 2.05) is 54.6 Å². The maximum atomic E-state index is 11.3. The lowest BCUT2D eigenvalue weighted by Crippen LogP contribution is -2.10. The summed E-state index contributed by atoms with van der Waals surface area (Å²) in [5.41, 5.74) is 9.94. The van der Waals surface area contributed by atoms with E-state index in [-0.39, 0.29) is 0 Å². The Morgan fingerprint density at radius 3 is 2.46 bits per heavy atom. The number of hydrogen-bond acceptors (Lipinski definition) is 3. The van der Waals surface area contributed by atoms with Crippen molar-refractivity contribution in [2.24, 2.45) is 5.73 Å². The van der Waals surface area contributed by atoms with Gasteiger partial charge in [0.2, 0.25) is 5.91 Å². The van der Waals surface area contributed by atoms with Crippen molar-refractivity contribution in [2.75, 3.05) is 0 Å². The molecule has 126 valence electrons. The summed E-state index contributed by atoms with van der Waals surface area (Å²) in [6.07, 6.45) is 1.75. The van der Waals surface area contributed by atoms with Gasteiger partial charge in [-0.2, -0.15) is 0 Å². The Labute approximate surface area is 155 Å². The van der Waals surface area contributed by atoms with Crippen molar-refractivity contribution in [3.05, 3.63) is 83.5 Å². The maximum absolute atomic E-state index is 11.3. The molecule has 26 heavy (non-hydrogen) atoms. The summed E-state index contributed by atoms with van der Waals surface area (Å²) in [6, 6.07) is 20.5. The second kappa shape index (κ2) is 6.58. The molecule has 4 aromatic rings. The predicted molar refractivity (Wildman–Crippen MR) is 104 cm³/mol. The third-order valence-corrected chi connectivity index (χ3v) is 4.39. The Balaban J connectivity index is 1.93. The summed E-state index contributed by atoms with van der Waals surface area (Å²) in [6.45, 7) is 0. The van der Waals surface area contributed by atoms with E-state index in [0.29, 0.717) is 10.6 Å². The number of carbonyl (C=O) groups excluding carboxylic acids is 1. The van der Waals surface area contributed by atoms with E-state index < -0.39 is 5.91 Å². The summed E-state index contributed by atoms with van der Waals surface area (Å²) in [7, 11) is 0. The second-order valence-electron chi connectivity index (χ2n) is 5.88. The number of fused-ring (bicyclic) bond motifs is 1. The molecule has 0 aliphatic rings. The Bertz CT molecular complexity index is 1120. The van der Waals surface area contributed by atoms with Crippen LogP contribution in [0.2, 0.25) is 5.02 Å². The van der Waals surface area contributed by atoms with Crippen LogP contribution in [0.3, 0.4) is 0 Å². The van der Waals surface area contributed by atoms with Crippen molar-refractivity contribution in [3.63, 3.8) is 0 Å². The molecule has 5 heteroatoms. The van der Waals surface area contributed by atoms with Gasteiger partial charge in [-0.15, -0.1) is 0 Å². The lowest BCUT2D eigenvalue weighted by Gasteiger charge is -2.10. The molecule has 1 amide bonds. The number of pyridine rings is 2. The average Bonchev–Trinajstić information content (AvgIpc) is 2.67. The number of carbonyl (C=O) groups is 1. The third kappa shape index (κ3) is 3.03. The molecule has 0 spiro atoms. The SMILES string of the molecule is NC(=O)c1ccc(-c2cc3cccnc3c(-c3cccc(Cl)c3)n2)cc1. The number of halogens is 1. The molecule has 0 atom stereocenters. The van der Waals surface area contributed by atoms with Crippen molar-refractivity contribution in [1.82, 2.24) is 9.97 Å². The molecule has 2 N–H and O–H groups in total. The maximum Gasteiger partial charge on any atom is 0.248 e. The van der Waals surface area contributed by atoms with Gasteiger partial charge in [0.05, 0.1) is 16.9 Å². The molecule has 2 aromatic heterocycles. The molecule has 0 bridgehead atoms. The summed E-state index contributed by atoms with van der Waals surface area (Å²) >= 11 is 6.16. The van der Waals surface area contributed by atoms with Crippen LogP contribution in [-0.4, -0.2) is 15.9 Å². The first-order valence-corrected chi connectivity index (χ1v) is 8.41. The van der Waals surface area contributed by atoms with E-state index in [0.717, 1.165) is 33.4 Å². The molecule has 0 aliphatic heterocycles. The van der Waals surface area contributed by atoms with Gasteiger partial charge in [0.25, 0.3) is 0 Å². The summed E-state index contributed by atoms with van der Waals surface area (Å²) < 4.78 is 0. The number of benzene rings is 2. The molecule has 0 aliphatic carbocycles. The lowest BCUT2D eigenvalue weighted by atomic mass is 10.0. The van der Waals surface area contributed by atoms with E-state index >= 15 is 0 Å². The van der Waals surface area contributed by atoms with E-state index in [2.05, 4.69) is 4.98 Å². The van der Waals surface area contributed by atoms with Gasteiger partial charge in [-0.05, 0) is 36.4 Å². The largest absolute Gasteiger partial charge is 0.366 e. The predicted octanol–water partition coefficient (Wildman–Crippen LogP) is 4.72. The van der Waals surface area contributed by atoms with Crippen LogP contribution < -0.4 is 5.73 Å². The molecule has 2 heterocycles. The van der Waals surface area contributed by atoms with Gasteiger partial charge in [-0.3, -0.25) is 9.78 Å². The van der Waals surface area contributed by atoms with Crippen LogP contribution in [0.15, 0.2) is 72.9 Å². The van der Waals surface area contributed by atoms with E-state index in [1.54, 1.807) is 18.3 Å². The zero-order valence-corrected chi connectivity index (χ0v) is 14.4. The Hall–Kier alpha value is -3.24. The van der Waals surface area contributed by atoms with E-state index in [4.69, 9.17) is 22.3 Å². The topological polar surface area (TPSA) is 68.9 Å². The van der Waals surface area contributed by atoms with E-state index in [1.165, 1.54) is 0 Å². The van der Waals surface area contributed by atoms with Gasteiger partial charge in [0.15, 0.2) is 0 Å². The lowest BCUT2D eigenvalue weighted by molar-refractivity contribution is 0.100. The fourth-order valence-corrected chi connectivity index (χ4v) is 3.07. The third-order valence-electron chi connectivity index (χ3n) is 4.15. The highest BCUT2D eigenvalue weighted by Crippen LogP contribution is 2.31. The smallest absolute Gasteiger partial charge is 0.248 e. The molecular formula is C21H14ClN3O. The highest BCUT2D eigenvalue weighted by molar-refractivity contribution is 6.30. The first-order chi connectivity index (χ1) is 12.6. The van der Waals surface area contributed by atoms with Crippen LogP contribution in [0.25, 0.3) is 33.4 Å². The standard InChI is InChI=1S/C21H14ClN3O/c22-17-5-1-3-15(11-17)20-19-16(4-2-10-24-19)12-18(25-20)13-6-8-14(9-7-13)21(23)26/h1-12H,(H2,23,26). The van der Waals surface area contributed by atoms with Crippen LogP contribution in [0.5, 0.6) is 0 Å². The molecule has 4 rings (SSSR count). The van der Waals surface area contributed by atoms with Crippen molar-refractivity contribution in [2.45, 2.75) is 0 Å². The van der Waals surface area contributed by atoms with Crippen LogP contribution >= 0.6 is 11.6 Å². The summed E-state index contributed by atoms with van der Waals surface area (Å²) in [5.74, 6) is -0.452. The van der Waals surface area contributed by atoms with Gasteiger partial charge >= 0.3 is 0 Å². The number of amides is 1. The van der Waals surface area contributed by atoms with Crippen molar-refractivity contribution in [1.29, 1.82) is 0 Å². The van der Waals surface area contributed by atoms with Crippen LogP contribution in [-0.2, 0) is 0 Å². The monoisotopic (exact) mass is 359 g/mol. The minimum absolute atomic E-state index is 0.452. The van der Waals surface area contributed by atoms with Gasteiger partial charge in [-0.1, -0.05) is 41.9 Å². The number of nitrogens with two attached hydrogens (primary N) is 1. The highest BCUT2D eigenvalue weighted by atomic mass is 35.5. The molecular weight excluding hydrogens is 346 g/mol. The van der Waals surface area contributed by atoms with Gasteiger partial charge in [0.1, 0.15) is 0 Å². The first kappa shape index (κ1) is 16.2. The zero-order chi connectivity index (χ0) is 18.1. The average molecular weight is 360 g/mol. The van der Waals surface area contributed by atoms with Crippen LogP contribution in [0.1, 0.15) is 10.4 Å². The highest BCUT2D eigenvalue weighted by Gasteiger charge is 2.11. The van der Waals surface area contributed by atoms with Crippen molar-refractivity contribution >= 4 is 28.4 Å². The Morgan fingerprint density at radius 1 is 0.923 bits per heavy atom. The van der Waals surface area contributed by atoms with Crippen LogP contribution in [0, 0.1) is 0 Å². The Kier molecular flexibility index (Phi) is 4.11. The number of aromatic nitrogens is 2. The van der Waals surface area contributed by atoms with Crippen molar-refractivity contribution in [3.8, 4) is 22.5 Å². The number of hydrogen-bond donors (Lipinski definition) is 1. The van der Waals surface area contributed by atoms with E-state index in [9.17, 15) is 4.79 Å². The summed E-state index contributed by atoms with van der Waals surface area (Å²) in [4.78, 5) is 20.6. The fourth-order valence-electron chi connectivity index (χ4n) is 2.88. The quantitative estimate of drug-likeness (QED) is 0.575. The number of rotatable bonds is 3. The minimum atomic E-state index is -0.452. The second-order valence-corrected chi connectivity index (χ2v) is 6.32. The fraction of sp³-hybridized carbons (Fsp3) is 0. The number of primary amides is 1. The van der Waals surface area contributed by atoms with Gasteiger partial charge in [0, 0.05) is 33.3 Å². The van der Waals surface area contributed by atoms with Gasteiger partial charge in [-0.25, -0.2) is 4.98 Å². The zero-order valence-electron chi connectivity index (χ0n) is 13.7. The molecule has 0 fully saturated rings. The van der Waals surface area contributed by atoms with Gasteiger partial charge < -0.3 is 5.73 Å². The first-order valence-electron chi connectivity index (χ1n) is 8.04. The minimum Gasteiger partial charge on any atom is -0.366 e. The molecule has 0 radical (unpaired) electrons. The molecule has 4 nitrogen and oxygen atoms in total. The summed E-state index contributed by atoms with van der Waals surface area (Å²) in [5, 5.41) is 1.62. The Morgan fingerprint density at radius 2 is 1.73 bits per heavy atom. The molecule has 2 aromatic carbocycles.